The van der Waals surface area contributed by atoms with Gasteiger partial charge in [-0.2, -0.15) is 12.6 Å². The summed E-state index contributed by atoms with van der Waals surface area (Å²) < 4.78 is 4.61. The van der Waals surface area contributed by atoms with Crippen molar-refractivity contribution in [2.45, 2.75) is 65.2 Å². The third-order valence-corrected chi connectivity index (χ3v) is 3.75. The van der Waals surface area contributed by atoms with Gasteiger partial charge in [-0.05, 0) is 33.9 Å². The minimum Gasteiger partial charge on any atom is -0.384 e. The standard InChI is InChI=1S/C17H26O.C3H8OS/c1-16(2,3)14-10-13(8-7-9-18)11-15(12-14)17(4,5)6;1-4-2-3-5/h9-12H,7-8H2,1-6H3;5H,2-3H2,1H3. The van der Waals surface area contributed by atoms with Crippen molar-refractivity contribution < 1.29 is 9.53 Å². The molecule has 1 rings (SSSR count). The van der Waals surface area contributed by atoms with E-state index in [9.17, 15) is 4.79 Å². The Morgan fingerprint density at radius 2 is 1.48 bits per heavy atom. The van der Waals surface area contributed by atoms with Crippen molar-refractivity contribution in [2.24, 2.45) is 0 Å². The third kappa shape index (κ3) is 9.17. The number of thiol groups is 1. The zero-order valence-electron chi connectivity index (χ0n) is 15.9. The van der Waals surface area contributed by atoms with Gasteiger partial charge in [0.05, 0.1) is 6.61 Å². The van der Waals surface area contributed by atoms with Crippen LogP contribution in [0.15, 0.2) is 18.2 Å². The van der Waals surface area contributed by atoms with Crippen LogP contribution < -0.4 is 0 Å². The first-order valence-electron chi connectivity index (χ1n) is 8.24. The predicted octanol–water partition coefficient (Wildman–Crippen LogP) is 4.98. The van der Waals surface area contributed by atoms with Crippen molar-refractivity contribution in [1.82, 2.24) is 0 Å². The fourth-order valence-electron chi connectivity index (χ4n) is 2.02. The van der Waals surface area contributed by atoms with E-state index in [1.807, 2.05) is 0 Å². The highest BCUT2D eigenvalue weighted by molar-refractivity contribution is 7.80. The average Bonchev–Trinajstić information content (AvgIpc) is 2.44. The maximum atomic E-state index is 10.5. The summed E-state index contributed by atoms with van der Waals surface area (Å²) in [7, 11) is 1.66. The van der Waals surface area contributed by atoms with Crippen molar-refractivity contribution in [1.29, 1.82) is 0 Å². The molecule has 23 heavy (non-hydrogen) atoms. The molecule has 0 radical (unpaired) electrons. The molecule has 0 amide bonds. The molecule has 0 atom stereocenters. The number of hydrogen-bond acceptors (Lipinski definition) is 3. The number of ether oxygens (including phenoxy) is 1. The van der Waals surface area contributed by atoms with E-state index in [4.69, 9.17) is 0 Å². The third-order valence-electron chi connectivity index (χ3n) is 3.57. The Morgan fingerprint density at radius 1 is 1.00 bits per heavy atom. The first-order valence-corrected chi connectivity index (χ1v) is 8.88. The molecule has 0 saturated heterocycles. The number of carbonyl (C=O) groups excluding carboxylic acids is 1. The molecule has 0 fully saturated rings. The zero-order chi connectivity index (χ0) is 18.1. The Labute approximate surface area is 148 Å². The Morgan fingerprint density at radius 3 is 1.74 bits per heavy atom. The van der Waals surface area contributed by atoms with Crippen LogP contribution in [0.4, 0.5) is 0 Å². The molecule has 0 N–H and O–H groups in total. The van der Waals surface area contributed by atoms with Crippen LogP contribution in [-0.2, 0) is 26.8 Å². The summed E-state index contributed by atoms with van der Waals surface area (Å²) in [5.74, 6) is 0.816. The van der Waals surface area contributed by atoms with Crippen LogP contribution in [0.3, 0.4) is 0 Å². The molecule has 132 valence electrons. The summed E-state index contributed by atoms with van der Waals surface area (Å²) in [6.45, 7) is 14.2. The number of methoxy groups -OCH3 is 1. The van der Waals surface area contributed by atoms with Crippen molar-refractivity contribution in [3.8, 4) is 0 Å². The van der Waals surface area contributed by atoms with Gasteiger partial charge in [-0.25, -0.2) is 0 Å². The van der Waals surface area contributed by atoms with E-state index in [1.54, 1.807) is 7.11 Å². The monoisotopic (exact) mass is 338 g/mol. The smallest absolute Gasteiger partial charge is 0.120 e. The molecule has 0 aliphatic carbocycles. The van der Waals surface area contributed by atoms with E-state index in [2.05, 4.69) is 77.1 Å². The molecular formula is C20H34O2S. The van der Waals surface area contributed by atoms with Crippen LogP contribution in [0.25, 0.3) is 0 Å². The number of rotatable bonds is 5. The molecule has 0 aromatic heterocycles. The summed E-state index contributed by atoms with van der Waals surface area (Å²) >= 11 is 3.88. The first kappa shape index (κ1) is 22.2. The van der Waals surface area contributed by atoms with Gasteiger partial charge in [-0.1, -0.05) is 59.7 Å². The van der Waals surface area contributed by atoms with E-state index in [0.717, 1.165) is 25.1 Å². The second kappa shape index (κ2) is 10.1. The van der Waals surface area contributed by atoms with E-state index in [1.165, 1.54) is 16.7 Å². The molecule has 1 aromatic carbocycles. The number of hydrogen-bond donors (Lipinski definition) is 1. The number of aryl methyl sites for hydroxylation is 1. The lowest BCUT2D eigenvalue weighted by Crippen LogP contribution is -2.17. The van der Waals surface area contributed by atoms with Gasteiger partial charge in [0, 0.05) is 19.3 Å². The van der Waals surface area contributed by atoms with Gasteiger partial charge in [0.1, 0.15) is 6.29 Å². The number of benzene rings is 1. The van der Waals surface area contributed by atoms with Crippen molar-refractivity contribution in [3.05, 3.63) is 34.9 Å². The topological polar surface area (TPSA) is 26.3 Å². The minimum atomic E-state index is 0.150. The summed E-state index contributed by atoms with van der Waals surface area (Å²) in [6.07, 6.45) is 2.45. The zero-order valence-corrected chi connectivity index (χ0v) is 16.8. The molecule has 1 aromatic rings. The molecule has 0 heterocycles. The predicted molar refractivity (Wildman–Crippen MR) is 104 cm³/mol. The van der Waals surface area contributed by atoms with Crippen molar-refractivity contribution in [3.63, 3.8) is 0 Å². The van der Waals surface area contributed by atoms with Crippen LogP contribution in [0, 0.1) is 0 Å². The molecule has 0 bridgehead atoms. The van der Waals surface area contributed by atoms with E-state index >= 15 is 0 Å². The van der Waals surface area contributed by atoms with Gasteiger partial charge < -0.3 is 9.53 Å². The maximum Gasteiger partial charge on any atom is 0.120 e. The molecule has 0 spiro atoms. The molecule has 3 heteroatoms. The quantitative estimate of drug-likeness (QED) is 0.605. The van der Waals surface area contributed by atoms with Gasteiger partial charge in [0.15, 0.2) is 0 Å². The van der Waals surface area contributed by atoms with Gasteiger partial charge in [-0.15, -0.1) is 0 Å². The van der Waals surface area contributed by atoms with Gasteiger partial charge in [0.25, 0.3) is 0 Å². The first-order chi connectivity index (χ1) is 10.6. The van der Waals surface area contributed by atoms with Gasteiger partial charge in [-0.3, -0.25) is 0 Å². The molecular weight excluding hydrogens is 304 g/mol. The summed E-state index contributed by atoms with van der Waals surface area (Å²) in [6, 6.07) is 6.81. The van der Waals surface area contributed by atoms with E-state index in [0.29, 0.717) is 6.42 Å². The Bertz CT molecular complexity index is 433. The normalized spacial score (nSPS) is 11.7. The summed E-state index contributed by atoms with van der Waals surface area (Å²) in [5.41, 5.74) is 4.29. The fraction of sp³-hybridized carbons (Fsp3) is 0.650. The van der Waals surface area contributed by atoms with E-state index in [-0.39, 0.29) is 10.8 Å². The number of carbonyl (C=O) groups is 1. The van der Waals surface area contributed by atoms with Crippen molar-refractivity contribution in [2.75, 3.05) is 19.5 Å². The van der Waals surface area contributed by atoms with Crippen LogP contribution in [0.5, 0.6) is 0 Å². The van der Waals surface area contributed by atoms with Crippen molar-refractivity contribution >= 4 is 18.9 Å². The molecule has 0 saturated carbocycles. The highest BCUT2D eigenvalue weighted by Crippen LogP contribution is 2.30. The molecule has 0 aliphatic heterocycles. The largest absolute Gasteiger partial charge is 0.384 e. The second-order valence-corrected chi connectivity index (χ2v) is 8.29. The fourth-order valence-corrected chi connectivity index (χ4v) is 2.20. The maximum absolute atomic E-state index is 10.5. The molecule has 0 unspecified atom stereocenters. The Balaban J connectivity index is 0.000000841. The van der Waals surface area contributed by atoms with Crippen LogP contribution in [0.2, 0.25) is 0 Å². The van der Waals surface area contributed by atoms with Crippen LogP contribution in [-0.4, -0.2) is 25.8 Å². The lowest BCUT2D eigenvalue weighted by Gasteiger charge is -2.26. The Kier molecular flexibility index (Phi) is 9.79. The number of aldehydes is 1. The minimum absolute atomic E-state index is 0.150. The Hall–Kier alpha value is -0.800. The SMILES string of the molecule is CC(C)(C)c1cc(CCC=O)cc(C(C)(C)C)c1.COCCS. The van der Waals surface area contributed by atoms with Crippen LogP contribution in [0.1, 0.15) is 64.7 Å². The van der Waals surface area contributed by atoms with E-state index < -0.39 is 0 Å². The molecule has 2 nitrogen and oxygen atoms in total. The summed E-state index contributed by atoms with van der Waals surface area (Å²) in [4.78, 5) is 10.5. The lowest BCUT2D eigenvalue weighted by molar-refractivity contribution is -0.107. The second-order valence-electron chi connectivity index (χ2n) is 7.84. The highest BCUT2D eigenvalue weighted by atomic mass is 32.1. The van der Waals surface area contributed by atoms with Crippen LogP contribution >= 0.6 is 12.6 Å². The van der Waals surface area contributed by atoms with Gasteiger partial charge in [0.2, 0.25) is 0 Å². The lowest BCUT2D eigenvalue weighted by atomic mass is 9.79. The summed E-state index contributed by atoms with van der Waals surface area (Å²) in [5, 5.41) is 0. The highest BCUT2D eigenvalue weighted by Gasteiger charge is 2.20. The molecule has 0 aliphatic rings. The average molecular weight is 339 g/mol. The van der Waals surface area contributed by atoms with Gasteiger partial charge >= 0.3 is 0 Å².